The number of rotatable bonds is 2. The summed E-state index contributed by atoms with van der Waals surface area (Å²) in [5.74, 6) is 3.61. The summed E-state index contributed by atoms with van der Waals surface area (Å²) in [6.45, 7) is 8.72. The highest BCUT2D eigenvalue weighted by molar-refractivity contribution is 5.66. The Balaban J connectivity index is 1.55. The molecule has 0 bridgehead atoms. The molecule has 0 radical (unpaired) electrons. The quantitative estimate of drug-likeness (QED) is 0.706. The van der Waals surface area contributed by atoms with Crippen molar-refractivity contribution in [1.82, 2.24) is 0 Å². The topological polar surface area (TPSA) is 46.5 Å². The molecule has 26 heavy (non-hydrogen) atoms. The maximum Gasteiger partial charge on any atom is 0.302 e. The highest BCUT2D eigenvalue weighted by Crippen LogP contribution is 2.67. The molecular weight excluding hydrogens is 324 g/mol. The summed E-state index contributed by atoms with van der Waals surface area (Å²) in [6.07, 6.45) is 11.1. The highest BCUT2D eigenvalue weighted by Gasteiger charge is 2.60. The van der Waals surface area contributed by atoms with E-state index in [0.717, 1.165) is 36.5 Å². The number of esters is 1. The third-order valence-corrected chi connectivity index (χ3v) is 9.63. The Kier molecular flexibility index (Phi) is 4.69. The Morgan fingerprint density at radius 1 is 1.00 bits per heavy atom. The number of aliphatic hydroxyl groups is 1. The Bertz CT molecular complexity index is 560. The van der Waals surface area contributed by atoms with Gasteiger partial charge in [0.05, 0.1) is 6.10 Å². The van der Waals surface area contributed by atoms with Crippen molar-refractivity contribution in [3.8, 4) is 0 Å². The van der Waals surface area contributed by atoms with E-state index in [1.165, 1.54) is 44.9 Å². The predicted octanol–water partition coefficient (Wildman–Crippen LogP) is 4.96. The molecule has 9 atom stereocenters. The molecule has 0 aliphatic heterocycles. The van der Waals surface area contributed by atoms with E-state index >= 15 is 0 Å². The summed E-state index contributed by atoms with van der Waals surface area (Å²) in [4.78, 5) is 11.5. The van der Waals surface area contributed by atoms with Gasteiger partial charge in [0.1, 0.15) is 6.10 Å². The van der Waals surface area contributed by atoms with Crippen LogP contribution in [-0.2, 0) is 9.53 Å². The fourth-order valence-electron chi connectivity index (χ4n) is 8.39. The van der Waals surface area contributed by atoms with Gasteiger partial charge in [-0.2, -0.15) is 0 Å². The van der Waals surface area contributed by atoms with Gasteiger partial charge in [-0.15, -0.1) is 0 Å². The van der Waals surface area contributed by atoms with E-state index in [-0.39, 0.29) is 18.2 Å². The van der Waals surface area contributed by atoms with Gasteiger partial charge in [0.2, 0.25) is 0 Å². The fraction of sp³-hybridized carbons (Fsp3) is 0.957. The van der Waals surface area contributed by atoms with E-state index in [1.54, 1.807) is 6.92 Å². The number of ether oxygens (including phenoxy) is 1. The normalized spacial score (nSPS) is 51.7. The van der Waals surface area contributed by atoms with Gasteiger partial charge < -0.3 is 9.84 Å². The van der Waals surface area contributed by atoms with Gasteiger partial charge in [0.15, 0.2) is 0 Å². The molecule has 0 aromatic heterocycles. The molecule has 4 aliphatic rings. The predicted molar refractivity (Wildman–Crippen MR) is 102 cm³/mol. The highest BCUT2D eigenvalue weighted by atomic mass is 16.5. The minimum absolute atomic E-state index is 0.0517. The van der Waals surface area contributed by atoms with Gasteiger partial charge in [-0.25, -0.2) is 0 Å². The van der Waals surface area contributed by atoms with Crippen molar-refractivity contribution in [2.24, 2.45) is 40.4 Å². The zero-order valence-corrected chi connectivity index (χ0v) is 17.2. The first kappa shape index (κ1) is 18.8. The van der Waals surface area contributed by atoms with Gasteiger partial charge >= 0.3 is 5.97 Å². The molecule has 0 saturated heterocycles. The van der Waals surface area contributed by atoms with E-state index in [2.05, 4.69) is 20.8 Å². The molecule has 0 unspecified atom stereocenters. The second-order valence-corrected chi connectivity index (χ2v) is 10.6. The zero-order chi connectivity index (χ0) is 18.7. The fourth-order valence-corrected chi connectivity index (χ4v) is 8.39. The smallest absolute Gasteiger partial charge is 0.302 e. The molecular formula is C23H38O3. The average molecular weight is 363 g/mol. The van der Waals surface area contributed by atoms with E-state index in [1.807, 2.05) is 0 Å². The number of carbonyl (C=O) groups excluding carboxylic acids is 1. The number of carbonyl (C=O) groups is 1. The van der Waals surface area contributed by atoms with Crippen LogP contribution in [0.4, 0.5) is 0 Å². The molecule has 0 aromatic rings. The third-order valence-electron chi connectivity index (χ3n) is 9.63. The van der Waals surface area contributed by atoms with E-state index in [0.29, 0.717) is 16.7 Å². The first-order valence-electron chi connectivity index (χ1n) is 11.1. The number of hydrogen-bond acceptors (Lipinski definition) is 3. The van der Waals surface area contributed by atoms with Crippen molar-refractivity contribution >= 4 is 5.97 Å². The van der Waals surface area contributed by atoms with Crippen molar-refractivity contribution in [3.63, 3.8) is 0 Å². The van der Waals surface area contributed by atoms with Crippen LogP contribution in [-0.4, -0.2) is 23.3 Å². The molecule has 148 valence electrons. The largest absolute Gasteiger partial charge is 0.463 e. The summed E-state index contributed by atoms with van der Waals surface area (Å²) in [7, 11) is 0. The van der Waals surface area contributed by atoms with Crippen LogP contribution in [0.3, 0.4) is 0 Å². The maximum absolute atomic E-state index is 11.5. The Morgan fingerprint density at radius 3 is 2.42 bits per heavy atom. The van der Waals surface area contributed by atoms with Gasteiger partial charge in [-0.05, 0) is 99.2 Å². The minimum atomic E-state index is -0.132. The molecule has 1 N–H and O–H groups in total. The molecule has 0 heterocycles. The van der Waals surface area contributed by atoms with Crippen LogP contribution in [0.2, 0.25) is 0 Å². The molecule has 0 aromatic carbocycles. The first-order valence-corrected chi connectivity index (χ1v) is 11.1. The summed E-state index contributed by atoms with van der Waals surface area (Å²) >= 11 is 0. The average Bonchev–Trinajstić information content (AvgIpc) is 2.92. The lowest BCUT2D eigenvalue weighted by molar-refractivity contribution is -0.156. The van der Waals surface area contributed by atoms with Gasteiger partial charge in [-0.3, -0.25) is 4.79 Å². The van der Waals surface area contributed by atoms with Crippen LogP contribution in [0.5, 0.6) is 0 Å². The summed E-state index contributed by atoms with van der Waals surface area (Å²) in [6, 6.07) is 0. The standard InChI is InChI=1S/C23H38O3/c1-14(26-15(2)24)19-7-8-20-18-6-5-16-13-17(25)9-11-22(16,3)21(18)10-12-23(19,20)4/h14,16-21,25H,5-13H2,1-4H3/t14-,16-,17-,18-,19+,20-,21-,22-,23+/m0/s1. The van der Waals surface area contributed by atoms with Crippen molar-refractivity contribution in [1.29, 1.82) is 0 Å². The van der Waals surface area contributed by atoms with Crippen molar-refractivity contribution in [2.45, 2.75) is 97.7 Å². The summed E-state index contributed by atoms with van der Waals surface area (Å²) in [5.41, 5.74) is 0.788. The molecule has 0 spiro atoms. The van der Waals surface area contributed by atoms with Crippen LogP contribution in [0.25, 0.3) is 0 Å². The molecule has 4 aliphatic carbocycles. The maximum atomic E-state index is 11.5. The molecule has 3 nitrogen and oxygen atoms in total. The third kappa shape index (κ3) is 2.75. The summed E-state index contributed by atoms with van der Waals surface area (Å²) in [5, 5.41) is 10.2. The zero-order valence-electron chi connectivity index (χ0n) is 17.2. The Labute approximate surface area is 159 Å². The SMILES string of the molecule is CC(=O)O[C@@H](C)[C@H]1CC[C@H]2[C@@H]3CC[C@H]4C[C@@H](O)CC[C@]4(C)[C@H]3CC[C@]12C. The van der Waals surface area contributed by atoms with E-state index < -0.39 is 0 Å². The van der Waals surface area contributed by atoms with Crippen LogP contribution in [0.15, 0.2) is 0 Å². The number of hydrogen-bond donors (Lipinski definition) is 1. The van der Waals surface area contributed by atoms with Crippen LogP contribution >= 0.6 is 0 Å². The van der Waals surface area contributed by atoms with Gasteiger partial charge in [0.25, 0.3) is 0 Å². The van der Waals surface area contributed by atoms with Crippen LogP contribution in [0.1, 0.15) is 85.5 Å². The van der Waals surface area contributed by atoms with Crippen LogP contribution in [0, 0.1) is 40.4 Å². The van der Waals surface area contributed by atoms with Crippen molar-refractivity contribution in [3.05, 3.63) is 0 Å². The first-order chi connectivity index (χ1) is 12.3. The lowest BCUT2D eigenvalue weighted by Crippen LogP contribution is -2.54. The lowest BCUT2D eigenvalue weighted by Gasteiger charge is -2.61. The van der Waals surface area contributed by atoms with E-state index in [9.17, 15) is 9.90 Å². The number of fused-ring (bicyclic) bond motifs is 5. The van der Waals surface area contributed by atoms with Gasteiger partial charge in [-0.1, -0.05) is 13.8 Å². The van der Waals surface area contributed by atoms with Crippen molar-refractivity contribution < 1.29 is 14.6 Å². The van der Waals surface area contributed by atoms with Crippen LogP contribution < -0.4 is 0 Å². The lowest BCUT2D eigenvalue weighted by atomic mass is 9.44. The Morgan fingerprint density at radius 2 is 1.69 bits per heavy atom. The molecule has 0 amide bonds. The van der Waals surface area contributed by atoms with E-state index in [4.69, 9.17) is 4.74 Å². The number of aliphatic hydroxyl groups excluding tert-OH is 1. The monoisotopic (exact) mass is 362 g/mol. The Hall–Kier alpha value is -0.570. The van der Waals surface area contributed by atoms with Crippen molar-refractivity contribution in [2.75, 3.05) is 0 Å². The minimum Gasteiger partial charge on any atom is -0.463 e. The molecule has 4 saturated carbocycles. The summed E-state index contributed by atoms with van der Waals surface area (Å²) < 4.78 is 5.64. The molecule has 4 rings (SSSR count). The second-order valence-electron chi connectivity index (χ2n) is 10.6. The van der Waals surface area contributed by atoms with Gasteiger partial charge in [0, 0.05) is 12.8 Å². The molecule has 3 heteroatoms. The molecule has 4 fully saturated rings. The second kappa shape index (κ2) is 6.50.